The first-order valence-electron chi connectivity index (χ1n) is 18.8. The molecule has 0 saturated heterocycles. The number of rotatable bonds is 7. The van der Waals surface area contributed by atoms with Crippen LogP contribution in [0.5, 0.6) is 0 Å². The van der Waals surface area contributed by atoms with Crippen molar-refractivity contribution in [3.63, 3.8) is 0 Å². The number of nitrogens with zero attached hydrogens (tertiary/aromatic N) is 3. The molecule has 0 amide bonds. The lowest BCUT2D eigenvalue weighted by Crippen LogP contribution is -1.99. The third-order valence-electron chi connectivity index (χ3n) is 10.7. The van der Waals surface area contributed by atoms with E-state index in [-0.39, 0.29) is 0 Å². The first-order chi connectivity index (χ1) is 27.2. The van der Waals surface area contributed by atoms with Gasteiger partial charge in [-0.15, -0.1) is 0 Å². The summed E-state index contributed by atoms with van der Waals surface area (Å²) in [4.78, 5) is 0. The number of aromatic nitrogens is 3. The smallest absolute Gasteiger partial charge is 0.0934 e. The predicted molar refractivity (Wildman–Crippen MR) is 230 cm³/mol. The molecule has 0 radical (unpaired) electrons. The molecule has 55 heavy (non-hydrogen) atoms. The molecule has 2 heterocycles. The third kappa shape index (κ3) is 5.83. The van der Waals surface area contributed by atoms with Gasteiger partial charge >= 0.3 is 0 Å². The molecular formula is C52H37N3. The summed E-state index contributed by atoms with van der Waals surface area (Å²) in [5.74, 6) is 0. The zero-order valence-electron chi connectivity index (χ0n) is 30.5. The van der Waals surface area contributed by atoms with Crippen LogP contribution in [0.3, 0.4) is 0 Å². The van der Waals surface area contributed by atoms with Gasteiger partial charge in [0.15, 0.2) is 0 Å². The van der Waals surface area contributed by atoms with Crippen molar-refractivity contribution in [2.24, 2.45) is 0 Å². The molecule has 0 unspecified atom stereocenters. The van der Waals surface area contributed by atoms with Crippen LogP contribution in [0.1, 0.15) is 5.56 Å². The second kappa shape index (κ2) is 13.6. The summed E-state index contributed by atoms with van der Waals surface area (Å²) in [6, 6.07) is 73.9. The number of hydrogen-bond acceptors (Lipinski definition) is 1. The van der Waals surface area contributed by atoms with Crippen LogP contribution in [0.4, 0.5) is 0 Å². The molecule has 0 aliphatic heterocycles. The highest BCUT2D eigenvalue weighted by atomic mass is 15.3. The van der Waals surface area contributed by atoms with Crippen LogP contribution in [0, 0.1) is 6.92 Å². The molecule has 10 rings (SSSR count). The van der Waals surface area contributed by atoms with Gasteiger partial charge < -0.3 is 4.57 Å². The lowest BCUT2D eigenvalue weighted by atomic mass is 9.89. The maximum atomic E-state index is 5.13. The minimum atomic E-state index is 0.949. The van der Waals surface area contributed by atoms with E-state index < -0.39 is 0 Å². The molecule has 2 aromatic heterocycles. The lowest BCUT2D eigenvalue weighted by molar-refractivity contribution is 0.892. The first-order valence-corrected chi connectivity index (χ1v) is 18.8. The van der Waals surface area contributed by atoms with Gasteiger partial charge in [-0.3, -0.25) is 0 Å². The lowest BCUT2D eigenvalue weighted by Gasteiger charge is -2.16. The van der Waals surface area contributed by atoms with Crippen LogP contribution in [0.15, 0.2) is 206 Å². The summed E-state index contributed by atoms with van der Waals surface area (Å²) in [6.07, 6.45) is 0. The Balaban J connectivity index is 1.01. The van der Waals surface area contributed by atoms with Gasteiger partial charge in [-0.05, 0) is 82.8 Å². The normalized spacial score (nSPS) is 11.4. The first kappa shape index (κ1) is 32.4. The van der Waals surface area contributed by atoms with Crippen molar-refractivity contribution in [3.8, 4) is 67.3 Å². The molecule has 0 spiro atoms. The van der Waals surface area contributed by atoms with Crippen LogP contribution >= 0.6 is 0 Å². The zero-order valence-corrected chi connectivity index (χ0v) is 30.5. The molecule has 0 N–H and O–H groups in total. The molecule has 0 aliphatic rings. The molecule has 0 atom stereocenters. The summed E-state index contributed by atoms with van der Waals surface area (Å²) in [5, 5.41) is 7.67. The fourth-order valence-corrected chi connectivity index (χ4v) is 7.97. The Morgan fingerprint density at radius 1 is 0.364 bits per heavy atom. The summed E-state index contributed by atoms with van der Waals surface area (Å²) in [7, 11) is 0. The average molecular weight is 704 g/mol. The summed E-state index contributed by atoms with van der Waals surface area (Å²) in [5.41, 5.74) is 17.2. The second-order valence-corrected chi connectivity index (χ2v) is 14.1. The van der Waals surface area contributed by atoms with Crippen LogP contribution in [-0.2, 0) is 0 Å². The van der Waals surface area contributed by atoms with E-state index in [9.17, 15) is 0 Å². The van der Waals surface area contributed by atoms with Crippen LogP contribution < -0.4 is 0 Å². The van der Waals surface area contributed by atoms with Gasteiger partial charge in [0.1, 0.15) is 0 Å². The minimum absolute atomic E-state index is 0.949. The predicted octanol–water partition coefficient (Wildman–Crippen LogP) is 13.6. The molecule has 3 heteroatoms. The van der Waals surface area contributed by atoms with E-state index in [0.717, 1.165) is 39.5 Å². The van der Waals surface area contributed by atoms with Gasteiger partial charge in [0.2, 0.25) is 0 Å². The van der Waals surface area contributed by atoms with Crippen molar-refractivity contribution < 1.29 is 0 Å². The topological polar surface area (TPSA) is 22.8 Å². The molecular weight excluding hydrogens is 667 g/mol. The Labute approximate surface area is 321 Å². The average Bonchev–Trinajstić information content (AvgIpc) is 3.85. The maximum absolute atomic E-state index is 5.13. The van der Waals surface area contributed by atoms with E-state index in [4.69, 9.17) is 5.10 Å². The molecule has 8 aromatic carbocycles. The van der Waals surface area contributed by atoms with E-state index in [2.05, 4.69) is 216 Å². The highest BCUT2D eigenvalue weighted by Gasteiger charge is 2.17. The SMILES string of the molecule is Cc1ccc(-c2cc(-c3ccccc3)nn2-c2ccc(-c3ccccc3-c3ccccc3-c3ccc(-n4c5ccccc5c5ccccc54)cc3)cc2)cc1. The standard InChI is InChI=1S/C52H37N3/c1-36-23-25-40(26-24-36)52-35-49(39-13-3-2-4-14-39)53-55(52)42-33-29-38(30-34-42)44-16-6-8-18-46(44)45-17-7-5-15-43(45)37-27-31-41(32-28-37)54-50-21-11-9-19-47(50)48-20-10-12-22-51(48)54/h2-35H,1H3. The van der Waals surface area contributed by atoms with Crippen molar-refractivity contribution in [1.82, 2.24) is 14.3 Å². The Hall–Kier alpha value is -7.23. The zero-order chi connectivity index (χ0) is 36.7. The van der Waals surface area contributed by atoms with Crippen LogP contribution in [0.25, 0.3) is 89.1 Å². The van der Waals surface area contributed by atoms with Gasteiger partial charge in [-0.25, -0.2) is 4.68 Å². The Bertz CT molecular complexity index is 2900. The number of para-hydroxylation sites is 2. The monoisotopic (exact) mass is 703 g/mol. The summed E-state index contributed by atoms with van der Waals surface area (Å²) in [6.45, 7) is 2.12. The van der Waals surface area contributed by atoms with E-state index in [1.807, 2.05) is 6.07 Å². The molecule has 10 aromatic rings. The number of fused-ring (bicyclic) bond motifs is 3. The van der Waals surface area contributed by atoms with Gasteiger partial charge in [-0.1, -0.05) is 169 Å². The highest BCUT2D eigenvalue weighted by Crippen LogP contribution is 2.40. The number of aryl methyl sites for hydroxylation is 1. The van der Waals surface area contributed by atoms with Crippen molar-refractivity contribution in [2.75, 3.05) is 0 Å². The highest BCUT2D eigenvalue weighted by molar-refractivity contribution is 6.09. The van der Waals surface area contributed by atoms with Gasteiger partial charge in [-0.2, -0.15) is 5.10 Å². The second-order valence-electron chi connectivity index (χ2n) is 14.1. The Morgan fingerprint density at radius 2 is 0.818 bits per heavy atom. The summed E-state index contributed by atoms with van der Waals surface area (Å²) < 4.78 is 4.44. The van der Waals surface area contributed by atoms with E-state index in [1.54, 1.807) is 0 Å². The molecule has 3 nitrogen and oxygen atoms in total. The minimum Gasteiger partial charge on any atom is -0.309 e. The molecule has 0 aliphatic carbocycles. The fraction of sp³-hybridized carbons (Fsp3) is 0.0192. The van der Waals surface area contributed by atoms with Crippen LogP contribution in [0.2, 0.25) is 0 Å². The quantitative estimate of drug-likeness (QED) is 0.162. The fourth-order valence-electron chi connectivity index (χ4n) is 7.97. The largest absolute Gasteiger partial charge is 0.309 e. The Morgan fingerprint density at radius 3 is 1.38 bits per heavy atom. The molecule has 0 saturated carbocycles. The van der Waals surface area contributed by atoms with Gasteiger partial charge in [0.05, 0.1) is 28.1 Å². The molecule has 0 bridgehead atoms. The summed E-state index contributed by atoms with van der Waals surface area (Å²) >= 11 is 0. The van der Waals surface area contributed by atoms with Gasteiger partial charge in [0, 0.05) is 27.6 Å². The van der Waals surface area contributed by atoms with Crippen molar-refractivity contribution in [1.29, 1.82) is 0 Å². The maximum Gasteiger partial charge on any atom is 0.0934 e. The number of benzene rings is 8. The Kier molecular flexibility index (Phi) is 8.04. The third-order valence-corrected chi connectivity index (χ3v) is 10.7. The molecule has 260 valence electrons. The van der Waals surface area contributed by atoms with Crippen molar-refractivity contribution in [3.05, 3.63) is 212 Å². The van der Waals surface area contributed by atoms with Gasteiger partial charge in [0.25, 0.3) is 0 Å². The number of hydrogen-bond donors (Lipinski definition) is 0. The van der Waals surface area contributed by atoms with Crippen molar-refractivity contribution >= 4 is 21.8 Å². The van der Waals surface area contributed by atoms with E-state index in [1.165, 1.54) is 55.2 Å². The van der Waals surface area contributed by atoms with Crippen LogP contribution in [-0.4, -0.2) is 14.3 Å². The van der Waals surface area contributed by atoms with E-state index >= 15 is 0 Å². The molecule has 0 fully saturated rings. The van der Waals surface area contributed by atoms with Crippen molar-refractivity contribution in [2.45, 2.75) is 6.92 Å². The van der Waals surface area contributed by atoms with E-state index in [0.29, 0.717) is 0 Å².